The normalized spacial score (nSPS) is 14.8. The second-order valence-corrected chi connectivity index (χ2v) is 7.64. The summed E-state index contributed by atoms with van der Waals surface area (Å²) < 4.78 is 54.3. The molecule has 32 heavy (non-hydrogen) atoms. The molecule has 0 spiro atoms. The van der Waals surface area contributed by atoms with E-state index in [0.29, 0.717) is 38.2 Å². The van der Waals surface area contributed by atoms with E-state index in [4.69, 9.17) is 0 Å². The summed E-state index contributed by atoms with van der Waals surface area (Å²) in [5, 5.41) is -0.127. The number of carbonyl (C=O) groups is 1. The fourth-order valence-electron chi connectivity index (χ4n) is 3.98. The third kappa shape index (κ3) is 4.06. The topological polar surface area (TPSA) is 45.6 Å². The first-order chi connectivity index (χ1) is 15.2. The molecule has 9 heteroatoms. The molecular formula is C23H21F4N3O2. The van der Waals surface area contributed by atoms with Gasteiger partial charge in [-0.3, -0.25) is 9.59 Å². The summed E-state index contributed by atoms with van der Waals surface area (Å²) in [4.78, 5) is 29.7. The van der Waals surface area contributed by atoms with Crippen LogP contribution in [-0.2, 0) is 12.7 Å². The Balaban J connectivity index is 1.63. The van der Waals surface area contributed by atoms with Crippen molar-refractivity contribution in [1.82, 2.24) is 9.47 Å². The minimum atomic E-state index is -4.59. The number of aryl methyl sites for hydroxylation is 1. The van der Waals surface area contributed by atoms with Gasteiger partial charge in [-0.1, -0.05) is 0 Å². The van der Waals surface area contributed by atoms with Crippen LogP contribution >= 0.6 is 0 Å². The molecule has 0 N–H and O–H groups in total. The fraction of sp³-hybridized carbons (Fsp3) is 0.304. The summed E-state index contributed by atoms with van der Waals surface area (Å²) in [6.07, 6.45) is -3.17. The molecule has 0 unspecified atom stereocenters. The second-order valence-electron chi connectivity index (χ2n) is 7.64. The number of nitrogens with zero attached hydrogens (tertiary/aromatic N) is 3. The number of carbonyl (C=O) groups excluding carboxylic acids is 1. The van der Waals surface area contributed by atoms with Crippen LogP contribution in [0.4, 0.5) is 23.2 Å². The van der Waals surface area contributed by atoms with Gasteiger partial charge in [0.2, 0.25) is 5.43 Å². The number of pyridine rings is 1. The molecule has 0 aliphatic carbocycles. The number of piperazine rings is 1. The molecule has 1 fully saturated rings. The van der Waals surface area contributed by atoms with Gasteiger partial charge in [-0.25, -0.2) is 4.39 Å². The van der Waals surface area contributed by atoms with Gasteiger partial charge in [-0.15, -0.1) is 0 Å². The highest BCUT2D eigenvalue weighted by molar-refractivity contribution is 5.97. The maximum atomic E-state index is 13.2. The maximum absolute atomic E-state index is 13.2. The van der Waals surface area contributed by atoms with Crippen LogP contribution in [0.1, 0.15) is 22.8 Å². The summed E-state index contributed by atoms with van der Waals surface area (Å²) in [5.41, 5.74) is -0.599. The fourth-order valence-corrected chi connectivity index (χ4v) is 3.98. The molecule has 1 aliphatic rings. The molecule has 2 heterocycles. The molecule has 1 aromatic heterocycles. The minimum absolute atomic E-state index is 0.127. The van der Waals surface area contributed by atoms with Crippen LogP contribution in [0.3, 0.4) is 0 Å². The van der Waals surface area contributed by atoms with Crippen LogP contribution in [0.5, 0.6) is 0 Å². The van der Waals surface area contributed by atoms with E-state index in [9.17, 15) is 27.2 Å². The Morgan fingerprint density at radius 3 is 2.25 bits per heavy atom. The molecule has 1 aliphatic heterocycles. The molecule has 168 valence electrons. The zero-order valence-corrected chi connectivity index (χ0v) is 17.3. The molecule has 0 saturated carbocycles. The Labute approximate surface area is 181 Å². The van der Waals surface area contributed by atoms with Gasteiger partial charge < -0.3 is 14.4 Å². The van der Waals surface area contributed by atoms with Crippen molar-refractivity contribution in [2.75, 3.05) is 31.1 Å². The average Bonchev–Trinajstić information content (AvgIpc) is 2.79. The Morgan fingerprint density at radius 2 is 1.66 bits per heavy atom. The van der Waals surface area contributed by atoms with Gasteiger partial charge in [0.1, 0.15) is 11.4 Å². The quantitative estimate of drug-likeness (QED) is 0.567. The molecule has 2 aromatic carbocycles. The molecule has 1 amide bonds. The molecule has 0 atom stereocenters. The lowest BCUT2D eigenvalue weighted by molar-refractivity contribution is -0.137. The second kappa shape index (κ2) is 8.29. The van der Waals surface area contributed by atoms with Crippen molar-refractivity contribution in [3.8, 4) is 0 Å². The Bertz CT molecular complexity index is 1210. The predicted molar refractivity (Wildman–Crippen MR) is 113 cm³/mol. The van der Waals surface area contributed by atoms with E-state index in [-0.39, 0.29) is 16.8 Å². The number of alkyl halides is 3. The zero-order chi connectivity index (χ0) is 23.0. The molecule has 3 aromatic rings. The highest BCUT2D eigenvalue weighted by atomic mass is 19.4. The number of benzene rings is 2. The summed E-state index contributed by atoms with van der Waals surface area (Å²) in [6.45, 7) is 3.83. The summed E-state index contributed by atoms with van der Waals surface area (Å²) >= 11 is 0. The Kier molecular flexibility index (Phi) is 5.66. The standard InChI is InChI=1S/C23H21F4N3O2/c1-2-28-14-19(21(31)18-13-15(23(25,26)27)3-8-20(18)28)22(32)30-11-9-29(10-12-30)17-6-4-16(24)5-7-17/h3-8,13-14H,2,9-12H2,1H3. The first-order valence-corrected chi connectivity index (χ1v) is 10.2. The summed E-state index contributed by atoms with van der Waals surface area (Å²) in [7, 11) is 0. The monoisotopic (exact) mass is 447 g/mol. The van der Waals surface area contributed by atoms with E-state index in [2.05, 4.69) is 0 Å². The van der Waals surface area contributed by atoms with Crippen LogP contribution < -0.4 is 10.3 Å². The van der Waals surface area contributed by atoms with Gasteiger partial charge in [0.15, 0.2) is 0 Å². The number of anilines is 1. The van der Waals surface area contributed by atoms with Crippen molar-refractivity contribution >= 4 is 22.5 Å². The Morgan fingerprint density at radius 1 is 1.00 bits per heavy atom. The smallest absolute Gasteiger partial charge is 0.368 e. The van der Waals surface area contributed by atoms with Crippen LogP contribution in [0.15, 0.2) is 53.5 Å². The van der Waals surface area contributed by atoms with Crippen LogP contribution in [0.2, 0.25) is 0 Å². The van der Waals surface area contributed by atoms with E-state index < -0.39 is 23.1 Å². The first-order valence-electron chi connectivity index (χ1n) is 10.2. The molecule has 4 rings (SSSR count). The van der Waals surface area contributed by atoms with Crippen LogP contribution in [-0.4, -0.2) is 41.6 Å². The third-order valence-electron chi connectivity index (χ3n) is 5.74. The Hall–Kier alpha value is -3.36. The number of amides is 1. The molecule has 0 radical (unpaired) electrons. The van der Waals surface area contributed by atoms with Gasteiger partial charge in [0.25, 0.3) is 5.91 Å². The largest absolute Gasteiger partial charge is 0.416 e. The van der Waals surface area contributed by atoms with E-state index in [0.717, 1.165) is 17.8 Å². The first kappa shape index (κ1) is 21.9. The van der Waals surface area contributed by atoms with E-state index in [1.54, 1.807) is 23.6 Å². The van der Waals surface area contributed by atoms with E-state index >= 15 is 0 Å². The summed E-state index contributed by atoms with van der Waals surface area (Å²) in [6, 6.07) is 9.06. The number of hydrogen-bond acceptors (Lipinski definition) is 3. The van der Waals surface area contributed by atoms with Gasteiger partial charge in [0, 0.05) is 50.0 Å². The number of aromatic nitrogens is 1. The van der Waals surface area contributed by atoms with Crippen molar-refractivity contribution in [2.24, 2.45) is 0 Å². The van der Waals surface area contributed by atoms with Crippen molar-refractivity contribution < 1.29 is 22.4 Å². The van der Waals surface area contributed by atoms with Gasteiger partial charge in [-0.05, 0) is 49.4 Å². The van der Waals surface area contributed by atoms with Crippen LogP contribution in [0, 0.1) is 5.82 Å². The average molecular weight is 447 g/mol. The lowest BCUT2D eigenvalue weighted by Crippen LogP contribution is -2.49. The molecule has 5 nitrogen and oxygen atoms in total. The maximum Gasteiger partial charge on any atom is 0.416 e. The van der Waals surface area contributed by atoms with Crippen molar-refractivity contribution in [1.29, 1.82) is 0 Å². The highest BCUT2D eigenvalue weighted by Gasteiger charge is 2.31. The van der Waals surface area contributed by atoms with Gasteiger partial charge >= 0.3 is 6.18 Å². The lowest BCUT2D eigenvalue weighted by Gasteiger charge is -2.36. The third-order valence-corrected chi connectivity index (χ3v) is 5.74. The molecular weight excluding hydrogens is 426 g/mol. The van der Waals surface area contributed by atoms with E-state index in [1.807, 2.05) is 4.90 Å². The number of hydrogen-bond donors (Lipinski definition) is 0. The lowest BCUT2D eigenvalue weighted by atomic mass is 10.1. The highest BCUT2D eigenvalue weighted by Crippen LogP contribution is 2.31. The van der Waals surface area contributed by atoms with E-state index in [1.165, 1.54) is 29.3 Å². The van der Waals surface area contributed by atoms with Crippen molar-refractivity contribution in [3.63, 3.8) is 0 Å². The predicted octanol–water partition coefficient (Wildman–Crippen LogP) is 4.14. The van der Waals surface area contributed by atoms with Gasteiger partial charge in [0.05, 0.1) is 11.1 Å². The minimum Gasteiger partial charge on any atom is -0.368 e. The SMILES string of the molecule is CCn1cc(C(=O)N2CCN(c3ccc(F)cc3)CC2)c(=O)c2cc(C(F)(F)F)ccc21. The van der Waals surface area contributed by atoms with Crippen molar-refractivity contribution in [2.45, 2.75) is 19.6 Å². The van der Waals surface area contributed by atoms with Gasteiger partial charge in [-0.2, -0.15) is 13.2 Å². The van der Waals surface area contributed by atoms with Crippen LogP contribution in [0.25, 0.3) is 10.9 Å². The number of fused-ring (bicyclic) bond motifs is 1. The number of rotatable bonds is 3. The zero-order valence-electron chi connectivity index (χ0n) is 17.3. The molecule has 1 saturated heterocycles. The van der Waals surface area contributed by atoms with Crippen molar-refractivity contribution in [3.05, 3.63) is 75.8 Å². The number of halogens is 4. The summed E-state index contributed by atoms with van der Waals surface area (Å²) in [5.74, 6) is -0.838. The molecule has 0 bridgehead atoms.